The van der Waals surface area contributed by atoms with Crippen LogP contribution < -0.4 is 29.7 Å². The highest BCUT2D eigenvalue weighted by Gasteiger charge is 2.09. The van der Waals surface area contributed by atoms with Crippen molar-refractivity contribution in [3.05, 3.63) is 0 Å². The van der Waals surface area contributed by atoms with E-state index in [0.29, 0.717) is 0 Å². The molecule has 0 amide bonds. The summed E-state index contributed by atoms with van der Waals surface area (Å²) in [4.78, 5) is 1.42. The van der Waals surface area contributed by atoms with Crippen LogP contribution >= 0.6 is 0 Å². The van der Waals surface area contributed by atoms with E-state index in [0.717, 1.165) is 0 Å². The first-order valence-corrected chi connectivity index (χ1v) is 12.4. The van der Waals surface area contributed by atoms with Crippen LogP contribution in [0.15, 0.2) is 0 Å². The van der Waals surface area contributed by atoms with Crippen LogP contribution in [0, 0.1) is 0 Å². The Hall–Kier alpha value is 0.500. The maximum absolute atomic E-state index is 2.35. The lowest BCUT2D eigenvalue weighted by Crippen LogP contribution is -3.02. The van der Waals surface area contributed by atoms with Gasteiger partial charge < -0.3 is 34.2 Å². The first-order valence-electron chi connectivity index (χ1n) is 12.4. The van der Waals surface area contributed by atoms with E-state index in [1.54, 1.807) is 0 Å². The molecule has 0 aliphatic heterocycles. The van der Waals surface area contributed by atoms with Crippen molar-refractivity contribution in [2.24, 2.45) is 0 Å². The summed E-state index contributed by atoms with van der Waals surface area (Å²) in [6, 6.07) is 0. The Bertz CT molecular complexity index is 269. The van der Waals surface area contributed by atoms with Crippen LogP contribution in [0.5, 0.6) is 0 Å². The number of nitrogens with one attached hydrogen (secondary N) is 1. The first-order chi connectivity index (χ1) is 12.9. The third-order valence-electron chi connectivity index (χ3n) is 5.47. The molecule has 0 aliphatic carbocycles. The third-order valence-corrected chi connectivity index (χ3v) is 5.47. The van der Waals surface area contributed by atoms with E-state index in [9.17, 15) is 0 Å². The molecule has 0 heterocycles. The first kappa shape index (κ1) is 36.8. The molecule has 29 heavy (non-hydrogen) atoms. The SMILES string of the molecule is CCCCCCCCCCCCCCCCCC[N+](C)(C)CC.C[NH+](C)C.[Cl-].[Cl-]. The summed E-state index contributed by atoms with van der Waals surface area (Å²) in [6.45, 7) is 7.21. The summed E-state index contributed by atoms with van der Waals surface area (Å²) >= 11 is 0. The Labute approximate surface area is 199 Å². The zero-order valence-electron chi connectivity index (χ0n) is 21.4. The Balaban J connectivity index is -0.000000473. The van der Waals surface area contributed by atoms with Crippen molar-refractivity contribution in [3.8, 4) is 0 Å². The molecule has 0 aliphatic rings. The summed E-state index contributed by atoms with van der Waals surface area (Å²) in [5.41, 5.74) is 0. The van der Waals surface area contributed by atoms with E-state index in [1.165, 1.54) is 125 Å². The number of nitrogens with zero attached hydrogens (tertiary/aromatic N) is 1. The van der Waals surface area contributed by atoms with Crippen LogP contribution in [-0.4, -0.2) is 52.8 Å². The topological polar surface area (TPSA) is 4.44 Å². The Kier molecular flexibility index (Phi) is 36.2. The van der Waals surface area contributed by atoms with E-state index in [4.69, 9.17) is 0 Å². The Morgan fingerprint density at radius 2 is 0.724 bits per heavy atom. The number of halogens is 2. The molecule has 0 fully saturated rings. The number of unbranched alkanes of at least 4 members (excludes halogenated alkanes) is 15. The molecule has 0 radical (unpaired) electrons. The number of hydrogen-bond donors (Lipinski definition) is 1. The van der Waals surface area contributed by atoms with Crippen molar-refractivity contribution in [1.29, 1.82) is 0 Å². The number of quaternary nitrogens is 2. The van der Waals surface area contributed by atoms with E-state index in [-0.39, 0.29) is 24.8 Å². The number of hydrogen-bond acceptors (Lipinski definition) is 0. The van der Waals surface area contributed by atoms with Gasteiger partial charge in [-0.1, -0.05) is 96.8 Å². The molecule has 0 atom stereocenters. The lowest BCUT2D eigenvalue weighted by molar-refractivity contribution is -0.888. The standard InChI is InChI=1S/C22H48N.C3H9N.2ClH/c1-5-7-8-9-10-11-12-13-14-15-16-17-18-19-20-21-22-23(3,4)6-2;1-4(2)3;;/h5-22H2,1-4H3;1-3H3;2*1H/q+1;;;/p-1. The van der Waals surface area contributed by atoms with E-state index >= 15 is 0 Å². The minimum atomic E-state index is 0. The summed E-state index contributed by atoms with van der Waals surface area (Å²) < 4.78 is 1.19. The van der Waals surface area contributed by atoms with E-state index in [1.807, 2.05) is 0 Å². The molecule has 0 saturated carbocycles. The molecule has 0 aromatic rings. The molecular weight excluding hydrogens is 399 g/mol. The van der Waals surface area contributed by atoms with Gasteiger partial charge >= 0.3 is 0 Å². The fourth-order valence-electron chi connectivity index (χ4n) is 3.25. The van der Waals surface area contributed by atoms with Crippen LogP contribution in [0.2, 0.25) is 0 Å². The molecule has 0 bridgehead atoms. The lowest BCUT2D eigenvalue weighted by atomic mass is 10.0. The Morgan fingerprint density at radius 1 is 0.483 bits per heavy atom. The summed E-state index contributed by atoms with van der Waals surface area (Å²) in [5, 5.41) is 0. The van der Waals surface area contributed by atoms with Gasteiger partial charge in [0.2, 0.25) is 0 Å². The molecule has 182 valence electrons. The molecule has 0 spiro atoms. The zero-order chi connectivity index (χ0) is 20.8. The highest BCUT2D eigenvalue weighted by Crippen LogP contribution is 2.14. The van der Waals surface area contributed by atoms with Gasteiger partial charge in [-0.3, -0.25) is 0 Å². The largest absolute Gasteiger partial charge is 1.00 e. The van der Waals surface area contributed by atoms with Crippen molar-refractivity contribution < 1.29 is 34.2 Å². The third kappa shape index (κ3) is 39.5. The zero-order valence-corrected chi connectivity index (χ0v) is 22.9. The van der Waals surface area contributed by atoms with Gasteiger partial charge in [0, 0.05) is 0 Å². The predicted molar refractivity (Wildman–Crippen MR) is 126 cm³/mol. The fourth-order valence-corrected chi connectivity index (χ4v) is 3.25. The Morgan fingerprint density at radius 3 is 0.966 bits per heavy atom. The maximum atomic E-state index is 2.35. The van der Waals surface area contributed by atoms with E-state index in [2.05, 4.69) is 49.1 Å². The van der Waals surface area contributed by atoms with E-state index < -0.39 is 0 Å². The van der Waals surface area contributed by atoms with Gasteiger partial charge in [0.25, 0.3) is 0 Å². The molecule has 0 saturated heterocycles. The normalized spacial score (nSPS) is 10.8. The maximum Gasteiger partial charge on any atom is 0.0782 e. The predicted octanol–water partition coefficient (Wildman–Crippen LogP) is 0.113. The minimum absolute atomic E-state index is 0. The van der Waals surface area contributed by atoms with Gasteiger partial charge in [-0.25, -0.2) is 0 Å². The van der Waals surface area contributed by atoms with Crippen molar-refractivity contribution in [2.75, 3.05) is 48.3 Å². The fraction of sp³-hybridized carbons (Fsp3) is 1.00. The highest BCUT2D eigenvalue weighted by atomic mass is 35.5. The van der Waals surface area contributed by atoms with Crippen molar-refractivity contribution >= 4 is 0 Å². The molecular formula is C25H58Cl2N2. The number of rotatable bonds is 18. The molecule has 1 N–H and O–H groups in total. The van der Waals surface area contributed by atoms with Crippen LogP contribution in [-0.2, 0) is 0 Å². The van der Waals surface area contributed by atoms with Gasteiger partial charge in [0.15, 0.2) is 0 Å². The highest BCUT2D eigenvalue weighted by molar-refractivity contribution is 4.50. The average molecular weight is 458 g/mol. The second kappa shape index (κ2) is 28.5. The smallest absolute Gasteiger partial charge is 0.0782 e. The lowest BCUT2D eigenvalue weighted by Gasteiger charge is -2.28. The van der Waals surface area contributed by atoms with Crippen molar-refractivity contribution in [3.63, 3.8) is 0 Å². The monoisotopic (exact) mass is 456 g/mol. The molecule has 0 aromatic heterocycles. The molecule has 0 unspecified atom stereocenters. The van der Waals surface area contributed by atoms with Crippen LogP contribution in [0.25, 0.3) is 0 Å². The molecule has 2 nitrogen and oxygen atoms in total. The summed E-state index contributed by atoms with van der Waals surface area (Å²) in [7, 11) is 11.0. The molecule has 0 rings (SSSR count). The second-order valence-corrected chi connectivity index (χ2v) is 9.78. The van der Waals surface area contributed by atoms with Gasteiger partial charge in [-0.2, -0.15) is 0 Å². The molecule has 0 aromatic carbocycles. The van der Waals surface area contributed by atoms with Crippen LogP contribution in [0.4, 0.5) is 0 Å². The van der Waals surface area contributed by atoms with Crippen molar-refractivity contribution in [2.45, 2.75) is 117 Å². The van der Waals surface area contributed by atoms with Crippen LogP contribution in [0.3, 0.4) is 0 Å². The van der Waals surface area contributed by atoms with Crippen molar-refractivity contribution in [1.82, 2.24) is 0 Å². The second-order valence-electron chi connectivity index (χ2n) is 9.78. The van der Waals surface area contributed by atoms with Crippen LogP contribution in [0.1, 0.15) is 117 Å². The van der Waals surface area contributed by atoms with Gasteiger partial charge in [0.05, 0.1) is 48.3 Å². The summed E-state index contributed by atoms with van der Waals surface area (Å²) in [5.74, 6) is 0. The van der Waals surface area contributed by atoms with Gasteiger partial charge in [0.1, 0.15) is 0 Å². The van der Waals surface area contributed by atoms with Gasteiger partial charge in [-0.05, 0) is 19.8 Å². The summed E-state index contributed by atoms with van der Waals surface area (Å²) in [6.07, 6.45) is 23.4. The quantitative estimate of drug-likeness (QED) is 0.220. The minimum Gasteiger partial charge on any atom is -1.00 e. The average Bonchev–Trinajstić information content (AvgIpc) is 2.61. The molecule has 4 heteroatoms. The van der Waals surface area contributed by atoms with Gasteiger partial charge in [-0.15, -0.1) is 0 Å².